The maximum Gasteiger partial charge on any atom is 0.125 e. The molecule has 0 aliphatic carbocycles. The molecule has 19 heavy (non-hydrogen) atoms. The van der Waals surface area contributed by atoms with E-state index in [4.69, 9.17) is 11.6 Å². The predicted molar refractivity (Wildman–Crippen MR) is 77.4 cm³/mol. The zero-order chi connectivity index (χ0) is 13.4. The first-order valence-corrected chi connectivity index (χ1v) is 7.34. The Kier molecular flexibility index (Phi) is 3.29. The number of hydrogen-bond donors (Lipinski definition) is 0. The van der Waals surface area contributed by atoms with E-state index < -0.39 is 0 Å². The fourth-order valence-electron chi connectivity index (χ4n) is 2.14. The van der Waals surface area contributed by atoms with Crippen molar-refractivity contribution in [2.24, 2.45) is 0 Å². The highest BCUT2D eigenvalue weighted by molar-refractivity contribution is 7.10. The molecule has 0 unspecified atom stereocenters. The van der Waals surface area contributed by atoms with E-state index in [2.05, 4.69) is 27.9 Å². The molecule has 0 radical (unpaired) electrons. The summed E-state index contributed by atoms with van der Waals surface area (Å²) in [6, 6.07) is 6.76. The molecule has 0 bridgehead atoms. The summed E-state index contributed by atoms with van der Waals surface area (Å²) in [4.78, 5) is 5.67. The van der Waals surface area contributed by atoms with Gasteiger partial charge in [-0.05, 0) is 36.1 Å². The van der Waals surface area contributed by atoms with E-state index in [1.54, 1.807) is 17.4 Å². The second kappa shape index (κ2) is 4.94. The van der Waals surface area contributed by atoms with E-state index in [0.29, 0.717) is 11.4 Å². The summed E-state index contributed by atoms with van der Waals surface area (Å²) in [6.45, 7) is 2.82. The van der Waals surface area contributed by atoms with Crippen molar-refractivity contribution in [2.45, 2.75) is 19.3 Å². The minimum Gasteiger partial charge on any atom is -0.322 e. The maximum atomic E-state index is 13.2. The van der Waals surface area contributed by atoms with Crippen molar-refractivity contribution in [1.82, 2.24) is 9.55 Å². The van der Waals surface area contributed by atoms with Crippen molar-refractivity contribution in [2.75, 3.05) is 0 Å². The van der Waals surface area contributed by atoms with Crippen LogP contribution >= 0.6 is 22.9 Å². The summed E-state index contributed by atoms with van der Waals surface area (Å²) in [7, 11) is 0. The van der Waals surface area contributed by atoms with Crippen LogP contribution in [0.15, 0.2) is 29.6 Å². The topological polar surface area (TPSA) is 17.8 Å². The average Bonchev–Trinajstić information content (AvgIpc) is 2.94. The molecule has 0 amide bonds. The molecular formula is C14H12ClFN2S. The predicted octanol–water partition coefficient (Wildman–Crippen LogP) is 4.33. The van der Waals surface area contributed by atoms with Crippen LogP contribution in [0.4, 0.5) is 4.39 Å². The van der Waals surface area contributed by atoms with E-state index >= 15 is 0 Å². The average molecular weight is 295 g/mol. The van der Waals surface area contributed by atoms with Gasteiger partial charge in [-0.2, -0.15) is 0 Å². The van der Waals surface area contributed by atoms with Crippen LogP contribution in [0, 0.1) is 12.7 Å². The monoisotopic (exact) mass is 294 g/mol. The molecule has 0 fully saturated rings. The Bertz CT molecular complexity index is 732. The fourth-order valence-corrected chi connectivity index (χ4v) is 3.24. The van der Waals surface area contributed by atoms with Crippen molar-refractivity contribution >= 4 is 34.0 Å². The molecule has 0 atom stereocenters. The quantitative estimate of drug-likeness (QED) is 0.657. The largest absolute Gasteiger partial charge is 0.322 e. The summed E-state index contributed by atoms with van der Waals surface area (Å²) in [5.74, 6) is 0.821. The van der Waals surface area contributed by atoms with Crippen LogP contribution in [0.1, 0.15) is 16.3 Å². The lowest BCUT2D eigenvalue weighted by molar-refractivity contribution is 0.629. The van der Waals surface area contributed by atoms with Gasteiger partial charge in [0.1, 0.15) is 11.6 Å². The van der Waals surface area contributed by atoms with Crippen molar-refractivity contribution < 1.29 is 4.39 Å². The van der Waals surface area contributed by atoms with Gasteiger partial charge in [0.15, 0.2) is 0 Å². The van der Waals surface area contributed by atoms with Gasteiger partial charge >= 0.3 is 0 Å². The molecule has 0 saturated carbocycles. The Morgan fingerprint density at radius 2 is 2.21 bits per heavy atom. The number of aromatic nitrogens is 2. The van der Waals surface area contributed by atoms with Gasteiger partial charge in [-0.25, -0.2) is 9.37 Å². The lowest BCUT2D eigenvalue weighted by atomic mass is 10.2. The molecule has 0 aliphatic rings. The Balaban J connectivity index is 2.13. The zero-order valence-electron chi connectivity index (χ0n) is 10.4. The first-order chi connectivity index (χ1) is 9.19. The van der Waals surface area contributed by atoms with E-state index in [1.807, 2.05) is 0 Å². The summed E-state index contributed by atoms with van der Waals surface area (Å²) in [6.07, 6.45) is 0. The van der Waals surface area contributed by atoms with Crippen molar-refractivity contribution in [1.29, 1.82) is 0 Å². The molecule has 3 rings (SSSR count). The molecule has 3 aromatic rings. The van der Waals surface area contributed by atoms with Gasteiger partial charge in [-0.1, -0.05) is 0 Å². The van der Waals surface area contributed by atoms with Gasteiger partial charge in [0, 0.05) is 10.9 Å². The molecule has 1 aromatic carbocycles. The van der Waals surface area contributed by atoms with Gasteiger partial charge in [0.25, 0.3) is 0 Å². The third kappa shape index (κ3) is 2.26. The summed E-state index contributed by atoms with van der Waals surface area (Å²) < 4.78 is 15.3. The molecule has 2 heterocycles. The molecule has 0 saturated heterocycles. The number of alkyl halides is 1. The maximum absolute atomic E-state index is 13.2. The van der Waals surface area contributed by atoms with Crippen LogP contribution in [-0.2, 0) is 12.4 Å². The first kappa shape index (κ1) is 12.6. The Morgan fingerprint density at radius 1 is 1.37 bits per heavy atom. The van der Waals surface area contributed by atoms with Crippen LogP contribution in [0.2, 0.25) is 0 Å². The second-order valence-electron chi connectivity index (χ2n) is 4.41. The van der Waals surface area contributed by atoms with Gasteiger partial charge in [-0.3, -0.25) is 0 Å². The van der Waals surface area contributed by atoms with Gasteiger partial charge in [0.05, 0.1) is 23.5 Å². The highest BCUT2D eigenvalue weighted by Crippen LogP contribution is 2.23. The van der Waals surface area contributed by atoms with E-state index in [0.717, 1.165) is 17.9 Å². The van der Waals surface area contributed by atoms with Crippen LogP contribution in [0.25, 0.3) is 11.0 Å². The van der Waals surface area contributed by atoms with Crippen molar-refractivity contribution in [3.05, 3.63) is 51.7 Å². The molecule has 2 aromatic heterocycles. The number of fused-ring (bicyclic) bond motifs is 1. The third-order valence-corrected chi connectivity index (χ3v) is 4.43. The highest BCUT2D eigenvalue weighted by atomic mass is 35.5. The third-order valence-electron chi connectivity index (χ3n) is 3.18. The Labute approximate surface area is 119 Å². The van der Waals surface area contributed by atoms with Crippen LogP contribution in [0.3, 0.4) is 0 Å². The van der Waals surface area contributed by atoms with Gasteiger partial charge in [0.2, 0.25) is 0 Å². The normalized spacial score (nSPS) is 11.3. The Morgan fingerprint density at radius 3 is 2.89 bits per heavy atom. The minimum atomic E-state index is -0.273. The number of imidazole rings is 1. The van der Waals surface area contributed by atoms with E-state index in [-0.39, 0.29) is 5.82 Å². The number of nitrogens with zero attached hydrogens (tertiary/aromatic N) is 2. The Hall–Kier alpha value is -1.39. The summed E-state index contributed by atoms with van der Waals surface area (Å²) >= 11 is 7.66. The molecule has 0 N–H and O–H groups in total. The number of rotatable bonds is 3. The van der Waals surface area contributed by atoms with Crippen LogP contribution < -0.4 is 0 Å². The summed E-state index contributed by atoms with van der Waals surface area (Å²) in [5, 5.41) is 2.07. The molecule has 98 valence electrons. The van der Waals surface area contributed by atoms with Gasteiger partial charge in [-0.15, -0.1) is 22.9 Å². The van der Waals surface area contributed by atoms with Crippen LogP contribution in [-0.4, -0.2) is 9.55 Å². The standard InChI is InChI=1S/C14H12ClFN2S/c1-9-4-5-19-13(9)8-18-12-3-2-10(16)6-11(12)17-14(18)7-15/h2-6H,7-8H2,1H3. The van der Waals surface area contributed by atoms with E-state index in [1.165, 1.54) is 22.6 Å². The van der Waals surface area contributed by atoms with Crippen LogP contribution in [0.5, 0.6) is 0 Å². The lowest BCUT2D eigenvalue weighted by Gasteiger charge is -2.07. The number of benzene rings is 1. The lowest BCUT2D eigenvalue weighted by Crippen LogP contribution is -2.03. The minimum absolute atomic E-state index is 0.273. The zero-order valence-corrected chi connectivity index (χ0v) is 11.9. The fraction of sp³-hybridized carbons (Fsp3) is 0.214. The molecule has 5 heteroatoms. The number of aryl methyl sites for hydroxylation is 1. The van der Waals surface area contributed by atoms with E-state index in [9.17, 15) is 4.39 Å². The van der Waals surface area contributed by atoms with Gasteiger partial charge < -0.3 is 4.57 Å². The van der Waals surface area contributed by atoms with Crippen molar-refractivity contribution in [3.63, 3.8) is 0 Å². The highest BCUT2D eigenvalue weighted by Gasteiger charge is 2.12. The second-order valence-corrected chi connectivity index (χ2v) is 5.68. The molecule has 0 spiro atoms. The molecule has 2 nitrogen and oxygen atoms in total. The number of thiophene rings is 1. The number of halogens is 2. The smallest absolute Gasteiger partial charge is 0.125 e. The molecular weight excluding hydrogens is 283 g/mol. The molecule has 0 aliphatic heterocycles. The summed E-state index contributed by atoms with van der Waals surface area (Å²) in [5.41, 5.74) is 2.84. The number of hydrogen-bond acceptors (Lipinski definition) is 2. The van der Waals surface area contributed by atoms with Crippen molar-refractivity contribution in [3.8, 4) is 0 Å². The SMILES string of the molecule is Cc1ccsc1Cn1c(CCl)nc2cc(F)ccc21. The first-order valence-electron chi connectivity index (χ1n) is 5.92.